The number of nitrogen functional groups attached to an aromatic ring is 1. The second-order valence-corrected chi connectivity index (χ2v) is 2.01. The molecule has 0 bridgehead atoms. The third-order valence-corrected chi connectivity index (χ3v) is 1.31. The number of nitrogens with zero attached hydrogens (tertiary/aromatic N) is 1. The number of rotatable bonds is 2. The largest absolute Gasteiger partial charge is 0.398 e. The Labute approximate surface area is 58.9 Å². The van der Waals surface area contributed by atoms with Gasteiger partial charge in [-0.3, -0.25) is 9.37 Å². The van der Waals surface area contributed by atoms with Crippen molar-refractivity contribution in [1.29, 1.82) is 0 Å². The third kappa shape index (κ3) is 1.43. The Bertz CT molecular complexity index is 213. The summed E-state index contributed by atoms with van der Waals surface area (Å²) in [4.78, 5) is 3.82. The van der Waals surface area contributed by atoms with Crippen molar-refractivity contribution in [2.24, 2.45) is 0 Å². The molecule has 0 aromatic carbocycles. The first-order valence-corrected chi connectivity index (χ1v) is 3.09. The highest BCUT2D eigenvalue weighted by atomic mass is 18.2. The van der Waals surface area contributed by atoms with E-state index in [-0.39, 0.29) is 6.67 Å². The molecular weight excluding hydrogens is 130 g/mol. The molecule has 0 unspecified atom stereocenters. The summed E-state index contributed by atoms with van der Waals surface area (Å²) >= 11 is 0. The summed E-state index contributed by atoms with van der Waals surface area (Å²) in [5.41, 5.74) is 6.90. The number of aryl methyl sites for hydroxylation is 1. The number of halogens is 1. The monoisotopic (exact) mass is 139 g/mol. The van der Waals surface area contributed by atoms with E-state index in [1.54, 1.807) is 18.5 Å². The van der Waals surface area contributed by atoms with E-state index < -0.39 is 0 Å². The van der Waals surface area contributed by atoms with Gasteiger partial charge in [0.15, 0.2) is 0 Å². The molecule has 1 rings (SSSR count). The molecule has 54 valence electrons. The predicted molar refractivity (Wildman–Crippen MR) is 38.3 cm³/mol. The molecule has 1 aromatic heterocycles. The van der Waals surface area contributed by atoms with Crippen LogP contribution < -0.4 is 5.73 Å². The number of alkyl halides is 1. The Kier molecular flexibility index (Phi) is 2.20. The van der Waals surface area contributed by atoms with Crippen LogP contribution in [0.1, 0.15) is 5.56 Å². The van der Waals surface area contributed by atoms with Gasteiger partial charge in [-0.15, -0.1) is 0 Å². The molecule has 0 saturated carbocycles. The first-order valence-electron chi connectivity index (χ1n) is 3.09. The lowest BCUT2D eigenvalue weighted by Gasteiger charge is -1.99. The fourth-order valence-electron chi connectivity index (χ4n) is 0.749. The molecule has 0 atom stereocenters. The molecule has 1 heterocycles. The van der Waals surface area contributed by atoms with Crippen molar-refractivity contribution < 1.29 is 4.39 Å². The summed E-state index contributed by atoms with van der Waals surface area (Å²) in [6.07, 6.45) is 3.55. The van der Waals surface area contributed by atoms with E-state index in [2.05, 4.69) is 4.98 Å². The molecule has 0 saturated heterocycles. The van der Waals surface area contributed by atoms with E-state index in [0.717, 1.165) is 5.56 Å². The van der Waals surface area contributed by atoms with Crippen molar-refractivity contribution in [2.45, 2.75) is 6.42 Å². The molecular formula is C7H9FN2. The summed E-state index contributed by atoms with van der Waals surface area (Å²) in [5, 5.41) is 0. The van der Waals surface area contributed by atoms with Crippen LogP contribution in [0.2, 0.25) is 0 Å². The van der Waals surface area contributed by atoms with Gasteiger partial charge in [0.05, 0.1) is 6.67 Å². The summed E-state index contributed by atoms with van der Waals surface area (Å²) in [7, 11) is 0. The zero-order chi connectivity index (χ0) is 7.40. The standard InChI is InChI=1S/C7H9FN2/c8-3-1-6-5-10-4-2-7(6)9/h2,4-5H,1,3H2,(H2,9,10)/i8-1. The minimum atomic E-state index is -0.379. The minimum Gasteiger partial charge on any atom is -0.398 e. The van der Waals surface area contributed by atoms with Crippen molar-refractivity contribution >= 4 is 5.69 Å². The molecule has 10 heavy (non-hydrogen) atoms. The van der Waals surface area contributed by atoms with Crippen LogP contribution in [-0.2, 0) is 6.42 Å². The summed E-state index contributed by atoms with van der Waals surface area (Å²) in [6, 6.07) is 1.67. The van der Waals surface area contributed by atoms with Gasteiger partial charge in [-0.25, -0.2) is 0 Å². The highest BCUT2D eigenvalue weighted by Gasteiger charge is 1.95. The second kappa shape index (κ2) is 3.15. The summed E-state index contributed by atoms with van der Waals surface area (Å²) in [6.45, 7) is -0.379. The van der Waals surface area contributed by atoms with Gasteiger partial charge in [0, 0.05) is 24.5 Å². The topological polar surface area (TPSA) is 38.9 Å². The van der Waals surface area contributed by atoms with Crippen molar-refractivity contribution in [3.05, 3.63) is 24.0 Å². The Morgan fingerprint density at radius 2 is 2.40 bits per heavy atom. The molecule has 0 amide bonds. The van der Waals surface area contributed by atoms with E-state index in [4.69, 9.17) is 5.73 Å². The van der Waals surface area contributed by atoms with Gasteiger partial charge in [0.2, 0.25) is 0 Å². The number of nitrogens with two attached hydrogens (primary N) is 1. The highest BCUT2D eigenvalue weighted by molar-refractivity contribution is 5.44. The van der Waals surface area contributed by atoms with Crippen LogP contribution in [0.15, 0.2) is 18.5 Å². The first-order chi connectivity index (χ1) is 4.84. The minimum absolute atomic E-state index is 0.361. The van der Waals surface area contributed by atoms with Gasteiger partial charge in [-0.1, -0.05) is 0 Å². The van der Waals surface area contributed by atoms with Crippen molar-refractivity contribution in [2.75, 3.05) is 12.4 Å². The van der Waals surface area contributed by atoms with Crippen molar-refractivity contribution in [1.82, 2.24) is 4.98 Å². The fraction of sp³-hybridized carbons (Fsp3) is 0.286. The van der Waals surface area contributed by atoms with E-state index in [1.165, 1.54) is 0 Å². The molecule has 2 N–H and O–H groups in total. The van der Waals surface area contributed by atoms with Crippen LogP contribution in [0.3, 0.4) is 0 Å². The van der Waals surface area contributed by atoms with E-state index >= 15 is 0 Å². The van der Waals surface area contributed by atoms with E-state index in [9.17, 15) is 4.39 Å². The zero-order valence-electron chi connectivity index (χ0n) is 5.55. The Morgan fingerprint density at radius 1 is 1.60 bits per heavy atom. The van der Waals surface area contributed by atoms with Crippen molar-refractivity contribution in [3.63, 3.8) is 0 Å². The molecule has 0 aliphatic heterocycles. The van der Waals surface area contributed by atoms with Gasteiger partial charge in [0.1, 0.15) is 0 Å². The van der Waals surface area contributed by atoms with Gasteiger partial charge in [-0.05, 0) is 11.6 Å². The molecule has 0 radical (unpaired) electrons. The number of anilines is 1. The second-order valence-electron chi connectivity index (χ2n) is 2.01. The predicted octanol–water partition coefficient (Wildman–Crippen LogP) is 1.18. The quantitative estimate of drug-likeness (QED) is 0.668. The molecule has 1 aromatic rings. The highest BCUT2D eigenvalue weighted by Crippen LogP contribution is 2.08. The van der Waals surface area contributed by atoms with E-state index in [1.807, 2.05) is 0 Å². The number of hydrogen-bond acceptors (Lipinski definition) is 2. The lowest BCUT2D eigenvalue weighted by Crippen LogP contribution is -1.95. The zero-order valence-corrected chi connectivity index (χ0v) is 5.55. The summed E-state index contributed by atoms with van der Waals surface area (Å²) < 4.78 is 11.8. The molecule has 0 fully saturated rings. The first kappa shape index (κ1) is 6.99. The average Bonchev–Trinajstić information content (AvgIpc) is 1.94. The van der Waals surface area contributed by atoms with Crippen LogP contribution in [-0.4, -0.2) is 11.7 Å². The third-order valence-electron chi connectivity index (χ3n) is 1.31. The van der Waals surface area contributed by atoms with Crippen LogP contribution in [0.4, 0.5) is 10.1 Å². The van der Waals surface area contributed by atoms with Gasteiger partial charge in [0.25, 0.3) is 0 Å². The van der Waals surface area contributed by atoms with Crippen LogP contribution in [0.5, 0.6) is 0 Å². The molecule has 3 heteroatoms. The van der Waals surface area contributed by atoms with E-state index in [0.29, 0.717) is 12.1 Å². The van der Waals surface area contributed by atoms with Gasteiger partial charge < -0.3 is 5.73 Å². The van der Waals surface area contributed by atoms with Crippen LogP contribution in [0, 0.1) is 0 Å². The Balaban J connectivity index is 2.81. The van der Waals surface area contributed by atoms with Gasteiger partial charge >= 0.3 is 0 Å². The molecule has 0 aliphatic rings. The fourth-order valence-corrected chi connectivity index (χ4v) is 0.749. The van der Waals surface area contributed by atoms with Crippen molar-refractivity contribution in [3.8, 4) is 0 Å². The SMILES string of the molecule is Nc1ccncc1CC[18F]. The average molecular weight is 139 g/mol. The molecule has 2 nitrogen and oxygen atoms in total. The van der Waals surface area contributed by atoms with Crippen LogP contribution in [0.25, 0.3) is 0 Å². The lowest BCUT2D eigenvalue weighted by molar-refractivity contribution is 0.495. The number of aromatic nitrogens is 1. The molecule has 0 aliphatic carbocycles. The molecule has 0 spiro atoms. The smallest absolute Gasteiger partial charge is 0.0936 e. The van der Waals surface area contributed by atoms with Crippen LogP contribution >= 0.6 is 0 Å². The maximum atomic E-state index is 11.8. The summed E-state index contributed by atoms with van der Waals surface area (Å²) in [5.74, 6) is 0. The lowest BCUT2D eigenvalue weighted by atomic mass is 10.2. The maximum absolute atomic E-state index is 11.8. The van der Waals surface area contributed by atoms with Gasteiger partial charge in [-0.2, -0.15) is 0 Å². The normalized spacial score (nSPS) is 9.70. The Morgan fingerprint density at radius 3 is 3.00 bits per heavy atom. The number of pyridine rings is 1. The maximum Gasteiger partial charge on any atom is 0.0936 e. The Hall–Kier alpha value is -1.12. The number of hydrogen-bond donors (Lipinski definition) is 1.